The molecule has 2 aliphatic rings. The lowest BCUT2D eigenvalue weighted by Gasteiger charge is -2.33. The molecule has 9 nitrogen and oxygen atoms in total. The molecule has 1 aliphatic heterocycles. The van der Waals surface area contributed by atoms with E-state index in [-0.39, 0.29) is 12.5 Å². The van der Waals surface area contributed by atoms with E-state index < -0.39 is 17.5 Å². The number of anilines is 1. The predicted octanol–water partition coefficient (Wildman–Crippen LogP) is 2.71. The zero-order valence-corrected chi connectivity index (χ0v) is 16.6. The van der Waals surface area contributed by atoms with Crippen LogP contribution in [0.5, 0.6) is 11.6 Å². The summed E-state index contributed by atoms with van der Waals surface area (Å²) < 4.78 is 5.60. The molecule has 9 heteroatoms. The summed E-state index contributed by atoms with van der Waals surface area (Å²) in [6.45, 7) is 1.80. The van der Waals surface area contributed by atoms with Gasteiger partial charge < -0.3 is 15.4 Å². The van der Waals surface area contributed by atoms with Gasteiger partial charge in [0.25, 0.3) is 5.91 Å². The minimum atomic E-state index is -0.853. The molecule has 1 aliphatic carbocycles. The smallest absolute Gasteiger partial charge is 0.325 e. The Morgan fingerprint density at radius 2 is 2.10 bits per heavy atom. The SMILES string of the molecule is CC1CCC2(CC1)NC(=O)N(CC(=O)Nc1cccc(Oc3cnccn3)c1)C2=O. The molecule has 0 radical (unpaired) electrons. The number of benzene rings is 1. The normalized spacial score (nSPS) is 23.4. The highest BCUT2D eigenvalue weighted by Gasteiger charge is 2.52. The number of rotatable bonds is 5. The van der Waals surface area contributed by atoms with Crippen LogP contribution in [-0.4, -0.2) is 44.8 Å². The first-order valence-electron chi connectivity index (χ1n) is 9.93. The number of amides is 4. The highest BCUT2D eigenvalue weighted by atomic mass is 16.5. The fourth-order valence-corrected chi connectivity index (χ4v) is 3.85. The monoisotopic (exact) mass is 409 g/mol. The van der Waals surface area contributed by atoms with Gasteiger partial charge >= 0.3 is 6.03 Å². The summed E-state index contributed by atoms with van der Waals surface area (Å²) in [7, 11) is 0. The lowest BCUT2D eigenvalue weighted by atomic mass is 9.77. The minimum absolute atomic E-state index is 0.311. The van der Waals surface area contributed by atoms with Crippen molar-refractivity contribution in [1.29, 1.82) is 0 Å². The molecule has 2 heterocycles. The van der Waals surface area contributed by atoms with E-state index in [0.29, 0.717) is 36.1 Å². The van der Waals surface area contributed by atoms with Gasteiger partial charge in [-0.15, -0.1) is 0 Å². The van der Waals surface area contributed by atoms with Gasteiger partial charge in [-0.1, -0.05) is 13.0 Å². The van der Waals surface area contributed by atoms with Crippen molar-refractivity contribution in [1.82, 2.24) is 20.2 Å². The molecule has 1 saturated heterocycles. The Kier molecular flexibility index (Phi) is 5.35. The molecule has 2 aromatic rings. The number of nitrogens with zero attached hydrogens (tertiary/aromatic N) is 3. The van der Waals surface area contributed by atoms with E-state index in [1.165, 1.54) is 18.6 Å². The standard InChI is InChI=1S/C21H23N5O4/c1-14-5-7-21(8-6-14)19(28)26(20(29)25-21)13-17(27)24-15-3-2-4-16(11-15)30-18-12-22-9-10-23-18/h2-4,9-12,14H,5-8,13H2,1H3,(H,24,27)(H,25,29). The average Bonchev–Trinajstić information content (AvgIpc) is 2.95. The van der Waals surface area contributed by atoms with E-state index in [2.05, 4.69) is 27.5 Å². The fourth-order valence-electron chi connectivity index (χ4n) is 3.85. The van der Waals surface area contributed by atoms with E-state index in [1.807, 2.05) is 0 Å². The number of hydrogen-bond acceptors (Lipinski definition) is 6. The molecule has 1 saturated carbocycles. The summed E-state index contributed by atoms with van der Waals surface area (Å²) in [5.74, 6) is 0.561. The number of ether oxygens (including phenoxy) is 1. The Labute approximate surface area is 173 Å². The third-order valence-electron chi connectivity index (χ3n) is 5.56. The number of carbonyl (C=O) groups is 3. The highest BCUT2D eigenvalue weighted by molar-refractivity contribution is 6.10. The van der Waals surface area contributed by atoms with Crippen molar-refractivity contribution in [2.24, 2.45) is 5.92 Å². The molecule has 4 amide bonds. The number of carbonyl (C=O) groups excluding carboxylic acids is 3. The number of nitrogens with one attached hydrogen (secondary N) is 2. The molecule has 156 valence electrons. The van der Waals surface area contributed by atoms with Gasteiger partial charge in [0.05, 0.1) is 6.20 Å². The molecule has 0 atom stereocenters. The van der Waals surface area contributed by atoms with Crippen LogP contribution < -0.4 is 15.4 Å². The first kappa shape index (κ1) is 19.8. The third-order valence-corrected chi connectivity index (χ3v) is 5.56. The molecule has 0 unspecified atom stereocenters. The Bertz CT molecular complexity index is 957. The highest BCUT2D eigenvalue weighted by Crippen LogP contribution is 2.36. The van der Waals surface area contributed by atoms with Gasteiger partial charge in [0.1, 0.15) is 17.8 Å². The Hall–Kier alpha value is -3.49. The van der Waals surface area contributed by atoms with Crippen LogP contribution in [0.1, 0.15) is 32.6 Å². The molecule has 30 heavy (non-hydrogen) atoms. The van der Waals surface area contributed by atoms with Crippen LogP contribution in [0.3, 0.4) is 0 Å². The lowest BCUT2D eigenvalue weighted by molar-refractivity contribution is -0.135. The van der Waals surface area contributed by atoms with Gasteiger partial charge in [0.2, 0.25) is 11.8 Å². The van der Waals surface area contributed by atoms with Crippen molar-refractivity contribution in [3.63, 3.8) is 0 Å². The molecule has 0 bridgehead atoms. The van der Waals surface area contributed by atoms with Crippen LogP contribution in [0.4, 0.5) is 10.5 Å². The summed E-state index contributed by atoms with van der Waals surface area (Å²) in [5, 5.41) is 5.53. The largest absolute Gasteiger partial charge is 0.437 e. The number of hydrogen-bond donors (Lipinski definition) is 2. The maximum atomic E-state index is 12.9. The zero-order chi connectivity index (χ0) is 21.1. The quantitative estimate of drug-likeness (QED) is 0.734. The second kappa shape index (κ2) is 8.10. The van der Waals surface area contributed by atoms with Crippen molar-refractivity contribution in [2.75, 3.05) is 11.9 Å². The second-order valence-electron chi connectivity index (χ2n) is 7.81. The van der Waals surface area contributed by atoms with E-state index in [1.54, 1.807) is 24.3 Å². The van der Waals surface area contributed by atoms with Crippen LogP contribution in [0.15, 0.2) is 42.9 Å². The fraction of sp³-hybridized carbons (Fsp3) is 0.381. The summed E-state index contributed by atoms with van der Waals surface area (Å²) in [5.41, 5.74) is -0.372. The van der Waals surface area contributed by atoms with Gasteiger partial charge in [-0.25, -0.2) is 9.78 Å². The van der Waals surface area contributed by atoms with Gasteiger partial charge in [-0.05, 0) is 43.7 Å². The van der Waals surface area contributed by atoms with Crippen LogP contribution in [0.2, 0.25) is 0 Å². The summed E-state index contributed by atoms with van der Waals surface area (Å²) in [4.78, 5) is 46.7. The number of aromatic nitrogens is 2. The Morgan fingerprint density at radius 1 is 1.30 bits per heavy atom. The Morgan fingerprint density at radius 3 is 2.83 bits per heavy atom. The molecule has 1 spiro atoms. The van der Waals surface area contributed by atoms with Crippen LogP contribution in [-0.2, 0) is 9.59 Å². The molecule has 1 aromatic heterocycles. The maximum Gasteiger partial charge on any atom is 0.325 e. The van der Waals surface area contributed by atoms with Crippen LogP contribution in [0.25, 0.3) is 0 Å². The van der Waals surface area contributed by atoms with Crippen molar-refractivity contribution in [3.05, 3.63) is 42.9 Å². The van der Waals surface area contributed by atoms with Gasteiger partial charge in [-0.2, -0.15) is 0 Å². The van der Waals surface area contributed by atoms with Gasteiger partial charge in [-0.3, -0.25) is 19.5 Å². The zero-order valence-electron chi connectivity index (χ0n) is 16.6. The van der Waals surface area contributed by atoms with Crippen LogP contribution in [0, 0.1) is 5.92 Å². The van der Waals surface area contributed by atoms with Crippen molar-refractivity contribution in [2.45, 2.75) is 38.1 Å². The lowest BCUT2D eigenvalue weighted by Crippen LogP contribution is -2.49. The van der Waals surface area contributed by atoms with Gasteiger partial charge in [0.15, 0.2) is 0 Å². The number of urea groups is 1. The van der Waals surface area contributed by atoms with E-state index in [0.717, 1.165) is 17.7 Å². The molecular weight excluding hydrogens is 386 g/mol. The van der Waals surface area contributed by atoms with Crippen molar-refractivity contribution in [3.8, 4) is 11.6 Å². The summed E-state index contributed by atoms with van der Waals surface area (Å²) in [6.07, 6.45) is 7.51. The van der Waals surface area contributed by atoms with Crippen molar-refractivity contribution >= 4 is 23.5 Å². The minimum Gasteiger partial charge on any atom is -0.437 e. The topological polar surface area (TPSA) is 114 Å². The molecule has 2 fully saturated rings. The average molecular weight is 409 g/mol. The van der Waals surface area contributed by atoms with E-state index >= 15 is 0 Å². The molecule has 4 rings (SSSR count). The first-order valence-corrected chi connectivity index (χ1v) is 9.93. The van der Waals surface area contributed by atoms with Gasteiger partial charge in [0, 0.05) is 24.1 Å². The Balaban J connectivity index is 1.38. The molecule has 1 aromatic carbocycles. The van der Waals surface area contributed by atoms with Crippen molar-refractivity contribution < 1.29 is 19.1 Å². The summed E-state index contributed by atoms with van der Waals surface area (Å²) in [6, 6.07) is 6.24. The second-order valence-corrected chi connectivity index (χ2v) is 7.81. The van der Waals surface area contributed by atoms with Crippen LogP contribution >= 0.6 is 0 Å². The first-order chi connectivity index (χ1) is 14.4. The predicted molar refractivity (Wildman–Crippen MR) is 108 cm³/mol. The van der Waals surface area contributed by atoms with E-state index in [9.17, 15) is 14.4 Å². The molecule has 2 N–H and O–H groups in total. The van der Waals surface area contributed by atoms with E-state index in [4.69, 9.17) is 4.74 Å². The third kappa shape index (κ3) is 4.10. The number of imide groups is 1. The maximum absolute atomic E-state index is 12.9. The molecular formula is C21H23N5O4. The summed E-state index contributed by atoms with van der Waals surface area (Å²) >= 11 is 0.